The molecule has 0 bridgehead atoms. The topological polar surface area (TPSA) is 82.1 Å². The summed E-state index contributed by atoms with van der Waals surface area (Å²) >= 11 is 0. The van der Waals surface area contributed by atoms with E-state index in [4.69, 9.17) is 9.47 Å². The van der Waals surface area contributed by atoms with Crippen LogP contribution in [0.1, 0.15) is 12.5 Å². The van der Waals surface area contributed by atoms with Crippen molar-refractivity contribution in [3.8, 4) is 22.8 Å². The van der Waals surface area contributed by atoms with E-state index in [0.717, 1.165) is 17.5 Å². The lowest BCUT2D eigenvalue weighted by Gasteiger charge is -2.14. The Labute approximate surface area is 152 Å². The van der Waals surface area contributed by atoms with Gasteiger partial charge < -0.3 is 14.8 Å². The summed E-state index contributed by atoms with van der Waals surface area (Å²) in [6.45, 7) is 2.07. The predicted octanol–water partition coefficient (Wildman–Crippen LogP) is 2.99. The van der Waals surface area contributed by atoms with Crippen molar-refractivity contribution in [2.45, 2.75) is 19.4 Å². The molecule has 26 heavy (non-hydrogen) atoms. The third-order valence-corrected chi connectivity index (χ3v) is 3.88. The van der Waals surface area contributed by atoms with E-state index in [1.54, 1.807) is 26.6 Å². The van der Waals surface area contributed by atoms with Crippen LogP contribution < -0.4 is 14.8 Å². The van der Waals surface area contributed by atoms with Crippen LogP contribution >= 0.6 is 0 Å². The third-order valence-electron chi connectivity index (χ3n) is 3.88. The first-order valence-electron chi connectivity index (χ1n) is 8.27. The lowest BCUT2D eigenvalue weighted by atomic mass is 10.1. The zero-order chi connectivity index (χ0) is 18.4. The Hall–Kier alpha value is -3.22. The summed E-state index contributed by atoms with van der Waals surface area (Å²) in [6, 6.07) is 9.73. The van der Waals surface area contributed by atoms with Crippen LogP contribution in [-0.4, -0.2) is 40.4 Å². The molecular formula is C19H21N5O2. The van der Waals surface area contributed by atoms with Gasteiger partial charge in [0.15, 0.2) is 11.5 Å². The minimum Gasteiger partial charge on any atom is -0.493 e. The van der Waals surface area contributed by atoms with E-state index in [0.29, 0.717) is 23.1 Å². The Morgan fingerprint density at radius 2 is 1.92 bits per heavy atom. The summed E-state index contributed by atoms with van der Waals surface area (Å²) in [5, 5.41) is 11.4. The van der Waals surface area contributed by atoms with E-state index in [9.17, 15) is 0 Å². The summed E-state index contributed by atoms with van der Waals surface area (Å²) in [7, 11) is 3.21. The highest BCUT2D eigenvalue weighted by atomic mass is 16.5. The highest BCUT2D eigenvalue weighted by Gasteiger charge is 2.10. The van der Waals surface area contributed by atoms with E-state index in [-0.39, 0.29) is 6.04 Å². The van der Waals surface area contributed by atoms with Gasteiger partial charge >= 0.3 is 0 Å². The maximum atomic E-state index is 5.35. The normalized spacial score (nSPS) is 11.7. The largest absolute Gasteiger partial charge is 0.493 e. The van der Waals surface area contributed by atoms with Crippen molar-refractivity contribution in [1.82, 2.24) is 20.2 Å². The zero-order valence-electron chi connectivity index (χ0n) is 15.0. The Morgan fingerprint density at radius 3 is 2.65 bits per heavy atom. The van der Waals surface area contributed by atoms with Gasteiger partial charge in [0, 0.05) is 24.0 Å². The highest BCUT2D eigenvalue weighted by molar-refractivity contribution is 5.64. The fourth-order valence-electron chi connectivity index (χ4n) is 2.64. The molecule has 0 amide bonds. The average molecular weight is 351 g/mol. The van der Waals surface area contributed by atoms with Crippen molar-refractivity contribution < 1.29 is 9.47 Å². The monoisotopic (exact) mass is 351 g/mol. The van der Waals surface area contributed by atoms with Crippen LogP contribution in [0.2, 0.25) is 0 Å². The van der Waals surface area contributed by atoms with Crippen LogP contribution in [0.25, 0.3) is 11.3 Å². The first-order valence-corrected chi connectivity index (χ1v) is 8.27. The molecule has 0 saturated heterocycles. The van der Waals surface area contributed by atoms with Gasteiger partial charge in [0.1, 0.15) is 0 Å². The average Bonchev–Trinajstić information content (AvgIpc) is 2.68. The molecule has 1 N–H and O–H groups in total. The lowest BCUT2D eigenvalue weighted by Crippen LogP contribution is -2.20. The summed E-state index contributed by atoms with van der Waals surface area (Å²) in [6.07, 6.45) is 6.06. The fourth-order valence-corrected chi connectivity index (χ4v) is 2.64. The first-order chi connectivity index (χ1) is 12.7. The SMILES string of the molecule is COc1ccc(-c2cnnc(NC(C)Cc3cccnc3)n2)cc1OC. The van der Waals surface area contributed by atoms with Gasteiger partial charge in [-0.05, 0) is 43.2 Å². The molecule has 7 nitrogen and oxygen atoms in total. The number of nitrogens with zero attached hydrogens (tertiary/aromatic N) is 4. The summed E-state index contributed by atoms with van der Waals surface area (Å²) in [5.41, 5.74) is 2.73. The quantitative estimate of drug-likeness (QED) is 0.700. The van der Waals surface area contributed by atoms with Crippen molar-refractivity contribution in [3.63, 3.8) is 0 Å². The standard InChI is InChI=1S/C19H21N5O2/c1-13(9-14-5-4-8-20-11-14)22-19-23-16(12-21-24-19)15-6-7-17(25-2)18(10-15)26-3/h4-8,10-13H,9H2,1-3H3,(H,22,23,24). The summed E-state index contributed by atoms with van der Waals surface area (Å²) in [5.74, 6) is 1.79. The van der Waals surface area contributed by atoms with Gasteiger partial charge in [-0.25, -0.2) is 4.98 Å². The number of aromatic nitrogens is 4. The van der Waals surface area contributed by atoms with Crippen LogP contribution in [0, 0.1) is 0 Å². The van der Waals surface area contributed by atoms with Crippen molar-refractivity contribution in [2.24, 2.45) is 0 Å². The molecule has 0 fully saturated rings. The molecule has 0 aliphatic rings. The minimum atomic E-state index is 0.140. The molecule has 1 aromatic carbocycles. The molecule has 0 radical (unpaired) electrons. The number of hydrogen-bond acceptors (Lipinski definition) is 7. The van der Waals surface area contributed by atoms with Crippen molar-refractivity contribution in [3.05, 3.63) is 54.5 Å². The summed E-state index contributed by atoms with van der Waals surface area (Å²) < 4.78 is 10.6. The molecule has 0 saturated carbocycles. The Morgan fingerprint density at radius 1 is 1.08 bits per heavy atom. The second-order valence-electron chi connectivity index (χ2n) is 5.85. The van der Waals surface area contributed by atoms with Crippen LogP contribution in [0.15, 0.2) is 48.9 Å². The van der Waals surface area contributed by atoms with Gasteiger partial charge in [0.2, 0.25) is 5.95 Å². The van der Waals surface area contributed by atoms with Crippen molar-refractivity contribution in [1.29, 1.82) is 0 Å². The molecule has 2 aromatic heterocycles. The number of anilines is 1. The molecule has 2 heterocycles. The predicted molar refractivity (Wildman–Crippen MR) is 99.4 cm³/mol. The van der Waals surface area contributed by atoms with Gasteiger partial charge in [-0.1, -0.05) is 6.07 Å². The van der Waals surface area contributed by atoms with Crippen molar-refractivity contribution >= 4 is 5.95 Å². The van der Waals surface area contributed by atoms with E-state index in [1.165, 1.54) is 0 Å². The maximum absolute atomic E-state index is 5.35. The van der Waals surface area contributed by atoms with E-state index < -0.39 is 0 Å². The Balaban J connectivity index is 1.76. The van der Waals surface area contributed by atoms with Crippen LogP contribution in [0.3, 0.4) is 0 Å². The van der Waals surface area contributed by atoms with Crippen LogP contribution in [-0.2, 0) is 6.42 Å². The highest BCUT2D eigenvalue weighted by Crippen LogP contribution is 2.31. The smallest absolute Gasteiger partial charge is 0.243 e. The number of ether oxygens (including phenoxy) is 2. The van der Waals surface area contributed by atoms with Gasteiger partial charge in [0.25, 0.3) is 0 Å². The fraction of sp³-hybridized carbons (Fsp3) is 0.263. The second-order valence-corrected chi connectivity index (χ2v) is 5.85. The molecule has 134 valence electrons. The number of methoxy groups -OCH3 is 2. The number of pyridine rings is 1. The zero-order valence-corrected chi connectivity index (χ0v) is 15.0. The second kappa shape index (κ2) is 8.24. The molecule has 0 aliphatic carbocycles. The van der Waals surface area contributed by atoms with Crippen LogP contribution in [0.4, 0.5) is 5.95 Å². The van der Waals surface area contributed by atoms with Crippen molar-refractivity contribution in [2.75, 3.05) is 19.5 Å². The van der Waals surface area contributed by atoms with E-state index in [2.05, 4.69) is 32.4 Å². The molecule has 3 aromatic rings. The molecule has 0 spiro atoms. The van der Waals surface area contributed by atoms with E-state index in [1.807, 2.05) is 36.5 Å². The minimum absolute atomic E-state index is 0.140. The maximum Gasteiger partial charge on any atom is 0.243 e. The van der Waals surface area contributed by atoms with Gasteiger partial charge in [-0.3, -0.25) is 4.98 Å². The molecular weight excluding hydrogens is 330 g/mol. The molecule has 3 rings (SSSR count). The van der Waals surface area contributed by atoms with Gasteiger partial charge in [-0.2, -0.15) is 5.10 Å². The van der Waals surface area contributed by atoms with Crippen LogP contribution in [0.5, 0.6) is 11.5 Å². The van der Waals surface area contributed by atoms with Gasteiger partial charge in [-0.15, -0.1) is 5.10 Å². The number of rotatable bonds is 7. The number of hydrogen-bond donors (Lipinski definition) is 1. The van der Waals surface area contributed by atoms with Gasteiger partial charge in [0.05, 0.1) is 26.1 Å². The molecule has 7 heteroatoms. The third kappa shape index (κ3) is 4.24. The lowest BCUT2D eigenvalue weighted by molar-refractivity contribution is 0.355. The molecule has 1 atom stereocenters. The number of benzene rings is 1. The Kier molecular flexibility index (Phi) is 5.58. The molecule has 0 aliphatic heterocycles. The summed E-state index contributed by atoms with van der Waals surface area (Å²) in [4.78, 5) is 8.69. The van der Waals surface area contributed by atoms with E-state index >= 15 is 0 Å². The number of nitrogens with one attached hydrogen (secondary N) is 1. The Bertz CT molecular complexity index is 858. The first kappa shape index (κ1) is 17.6. The molecule has 1 unspecified atom stereocenters.